The fourth-order valence-corrected chi connectivity index (χ4v) is 3.21. The Balaban J connectivity index is 1.72. The molecule has 0 bridgehead atoms. The van der Waals surface area contributed by atoms with Crippen molar-refractivity contribution in [1.29, 1.82) is 0 Å². The SMILES string of the molecule is CS(=O)(=O)NCCc1ccc(C(=O)OCC(=O)NCc2ccco2)s1. The molecule has 2 rings (SSSR count). The number of carbonyl (C=O) groups excluding carboxylic acids is 2. The summed E-state index contributed by atoms with van der Waals surface area (Å²) in [7, 11) is -3.23. The van der Waals surface area contributed by atoms with Gasteiger partial charge in [0.2, 0.25) is 10.0 Å². The quantitative estimate of drug-likeness (QED) is 0.619. The summed E-state index contributed by atoms with van der Waals surface area (Å²) >= 11 is 1.20. The molecule has 0 aliphatic heterocycles. The van der Waals surface area contributed by atoms with Gasteiger partial charge < -0.3 is 14.5 Å². The van der Waals surface area contributed by atoms with Gasteiger partial charge in [-0.1, -0.05) is 0 Å². The molecule has 0 saturated carbocycles. The highest BCUT2D eigenvalue weighted by Gasteiger charge is 2.13. The van der Waals surface area contributed by atoms with E-state index in [1.165, 1.54) is 17.6 Å². The predicted octanol–water partition coefficient (Wildman–Crippen LogP) is 0.906. The Bertz CT molecular complexity index is 811. The molecular weight excluding hydrogens is 368 g/mol. The summed E-state index contributed by atoms with van der Waals surface area (Å²) in [5, 5.41) is 2.57. The topological polar surface area (TPSA) is 115 Å². The minimum absolute atomic E-state index is 0.222. The smallest absolute Gasteiger partial charge is 0.348 e. The van der Waals surface area contributed by atoms with Gasteiger partial charge in [0.05, 0.1) is 19.1 Å². The van der Waals surface area contributed by atoms with Crippen LogP contribution in [0.2, 0.25) is 0 Å². The number of nitrogens with one attached hydrogen (secondary N) is 2. The van der Waals surface area contributed by atoms with Crippen LogP contribution in [0.15, 0.2) is 34.9 Å². The second-order valence-electron chi connectivity index (χ2n) is 5.11. The van der Waals surface area contributed by atoms with Crippen LogP contribution in [0, 0.1) is 0 Å². The second-order valence-corrected chi connectivity index (χ2v) is 8.12. The highest BCUT2D eigenvalue weighted by atomic mass is 32.2. The third-order valence-electron chi connectivity index (χ3n) is 2.97. The number of esters is 1. The summed E-state index contributed by atoms with van der Waals surface area (Å²) < 4.78 is 34.4. The van der Waals surface area contributed by atoms with Gasteiger partial charge >= 0.3 is 5.97 Å². The number of thiophene rings is 1. The Morgan fingerprint density at radius 2 is 2.08 bits per heavy atom. The van der Waals surface area contributed by atoms with E-state index in [4.69, 9.17) is 9.15 Å². The first-order valence-electron chi connectivity index (χ1n) is 7.33. The summed E-state index contributed by atoms with van der Waals surface area (Å²) in [6.45, 7) is 0.0886. The first-order valence-corrected chi connectivity index (χ1v) is 10.0. The van der Waals surface area contributed by atoms with Gasteiger partial charge in [0.25, 0.3) is 5.91 Å². The summed E-state index contributed by atoms with van der Waals surface area (Å²) in [5.74, 6) is -0.426. The Morgan fingerprint density at radius 3 is 2.76 bits per heavy atom. The van der Waals surface area contributed by atoms with Crippen LogP contribution in [0.3, 0.4) is 0 Å². The van der Waals surface area contributed by atoms with Gasteiger partial charge in [-0.05, 0) is 30.7 Å². The van der Waals surface area contributed by atoms with Crippen LogP contribution in [-0.2, 0) is 32.5 Å². The third kappa shape index (κ3) is 7.08. The molecule has 25 heavy (non-hydrogen) atoms. The van der Waals surface area contributed by atoms with Crippen molar-refractivity contribution in [3.63, 3.8) is 0 Å². The van der Waals surface area contributed by atoms with Crippen LogP contribution < -0.4 is 10.0 Å². The van der Waals surface area contributed by atoms with E-state index in [9.17, 15) is 18.0 Å². The molecule has 0 aliphatic rings. The molecular formula is C15H18N2O6S2. The van der Waals surface area contributed by atoms with Crippen LogP contribution in [0.1, 0.15) is 20.3 Å². The number of amides is 1. The van der Waals surface area contributed by atoms with E-state index in [0.717, 1.165) is 11.1 Å². The van der Waals surface area contributed by atoms with E-state index < -0.39 is 21.9 Å². The molecule has 0 fully saturated rings. The summed E-state index contributed by atoms with van der Waals surface area (Å²) in [5.41, 5.74) is 0. The van der Waals surface area contributed by atoms with Crippen LogP contribution in [-0.4, -0.2) is 39.7 Å². The van der Waals surface area contributed by atoms with Crippen molar-refractivity contribution in [3.05, 3.63) is 46.0 Å². The molecule has 0 radical (unpaired) electrons. The number of furan rings is 1. The van der Waals surface area contributed by atoms with Gasteiger partial charge in [-0.2, -0.15) is 0 Å². The van der Waals surface area contributed by atoms with Gasteiger partial charge in [-0.3, -0.25) is 4.79 Å². The number of hydrogen-bond donors (Lipinski definition) is 2. The van der Waals surface area contributed by atoms with Crippen molar-refractivity contribution in [2.75, 3.05) is 19.4 Å². The molecule has 0 aliphatic carbocycles. The van der Waals surface area contributed by atoms with Crippen molar-refractivity contribution >= 4 is 33.2 Å². The maximum Gasteiger partial charge on any atom is 0.348 e. The third-order valence-corrected chi connectivity index (χ3v) is 4.83. The minimum atomic E-state index is -3.23. The molecule has 2 aromatic heterocycles. The monoisotopic (exact) mass is 386 g/mol. The van der Waals surface area contributed by atoms with E-state index in [0.29, 0.717) is 17.1 Å². The van der Waals surface area contributed by atoms with Crippen LogP contribution >= 0.6 is 11.3 Å². The van der Waals surface area contributed by atoms with Crippen LogP contribution in [0.25, 0.3) is 0 Å². The summed E-state index contributed by atoms with van der Waals surface area (Å²) in [6.07, 6.45) is 3.05. The highest BCUT2D eigenvalue weighted by molar-refractivity contribution is 7.88. The molecule has 2 aromatic rings. The lowest BCUT2D eigenvalue weighted by atomic mass is 10.3. The molecule has 1 amide bonds. The Morgan fingerprint density at radius 1 is 1.28 bits per heavy atom. The van der Waals surface area contributed by atoms with Crippen molar-refractivity contribution in [2.45, 2.75) is 13.0 Å². The van der Waals surface area contributed by atoms with Gasteiger partial charge in [-0.25, -0.2) is 17.9 Å². The first kappa shape index (κ1) is 19.2. The van der Waals surface area contributed by atoms with Crippen molar-refractivity contribution in [2.24, 2.45) is 0 Å². The van der Waals surface area contributed by atoms with Gasteiger partial charge in [0, 0.05) is 11.4 Å². The predicted molar refractivity (Wildman–Crippen MR) is 91.7 cm³/mol. The van der Waals surface area contributed by atoms with Crippen LogP contribution in [0.5, 0.6) is 0 Å². The molecule has 136 valence electrons. The first-order chi connectivity index (χ1) is 11.8. The Hall–Kier alpha value is -2.17. The molecule has 8 nitrogen and oxygen atoms in total. The molecule has 10 heteroatoms. The van der Waals surface area contributed by atoms with E-state index in [2.05, 4.69) is 10.0 Å². The second kappa shape index (κ2) is 8.79. The number of rotatable bonds is 9. The lowest BCUT2D eigenvalue weighted by molar-refractivity contribution is -0.124. The molecule has 0 saturated heterocycles. The van der Waals surface area contributed by atoms with Crippen LogP contribution in [0.4, 0.5) is 0 Å². The van der Waals surface area contributed by atoms with Crippen molar-refractivity contribution < 1.29 is 27.2 Å². The maximum absolute atomic E-state index is 11.9. The van der Waals surface area contributed by atoms with Gasteiger partial charge in [0.1, 0.15) is 10.6 Å². The number of sulfonamides is 1. The van der Waals surface area contributed by atoms with E-state index in [-0.39, 0.29) is 19.7 Å². The molecule has 2 heterocycles. The lowest BCUT2D eigenvalue weighted by Crippen LogP contribution is -2.28. The zero-order valence-electron chi connectivity index (χ0n) is 13.5. The fraction of sp³-hybridized carbons (Fsp3) is 0.333. The minimum Gasteiger partial charge on any atom is -0.467 e. The zero-order chi connectivity index (χ0) is 18.3. The number of carbonyl (C=O) groups is 2. The average molecular weight is 386 g/mol. The molecule has 0 spiro atoms. The largest absolute Gasteiger partial charge is 0.467 e. The molecule has 0 aromatic carbocycles. The maximum atomic E-state index is 11.9. The molecule has 2 N–H and O–H groups in total. The highest BCUT2D eigenvalue weighted by Crippen LogP contribution is 2.17. The molecule has 0 atom stereocenters. The Kier molecular flexibility index (Phi) is 6.73. The summed E-state index contributed by atoms with van der Waals surface area (Å²) in [6, 6.07) is 6.74. The fourth-order valence-electron chi connectivity index (χ4n) is 1.83. The molecule has 0 unspecified atom stereocenters. The number of hydrogen-bond acceptors (Lipinski definition) is 7. The van der Waals surface area contributed by atoms with E-state index in [1.54, 1.807) is 24.3 Å². The zero-order valence-corrected chi connectivity index (χ0v) is 15.1. The number of ether oxygens (including phenoxy) is 1. The summed E-state index contributed by atoms with van der Waals surface area (Å²) in [4.78, 5) is 24.7. The van der Waals surface area contributed by atoms with E-state index in [1.807, 2.05) is 0 Å². The van der Waals surface area contributed by atoms with Crippen molar-refractivity contribution in [3.8, 4) is 0 Å². The van der Waals surface area contributed by atoms with Gasteiger partial charge in [0.15, 0.2) is 6.61 Å². The standard InChI is InChI=1S/C15H18N2O6S2/c1-25(20,21)17-7-6-12-4-5-13(24-12)15(19)23-10-14(18)16-9-11-3-2-8-22-11/h2-5,8,17H,6-7,9-10H2,1H3,(H,16,18). The lowest BCUT2D eigenvalue weighted by Gasteiger charge is -2.04. The Labute approximate surface area is 149 Å². The normalized spacial score (nSPS) is 11.2. The van der Waals surface area contributed by atoms with Gasteiger partial charge in [-0.15, -0.1) is 11.3 Å². The van der Waals surface area contributed by atoms with E-state index >= 15 is 0 Å². The van der Waals surface area contributed by atoms with Crippen molar-refractivity contribution in [1.82, 2.24) is 10.0 Å². The average Bonchev–Trinajstić information content (AvgIpc) is 3.21.